The molecule has 7 nitrogen and oxygen atoms in total. The largest absolute Gasteiger partial charge is 0.497 e. The fourth-order valence-electron chi connectivity index (χ4n) is 3.43. The zero-order chi connectivity index (χ0) is 20.2. The summed E-state index contributed by atoms with van der Waals surface area (Å²) in [6.45, 7) is 3.71. The molecule has 0 spiro atoms. The maximum atomic E-state index is 12.5. The number of carbonyl (C=O) groups excluding carboxylic acids is 1. The van der Waals surface area contributed by atoms with Gasteiger partial charge in [0.1, 0.15) is 11.5 Å². The Morgan fingerprint density at radius 2 is 1.83 bits per heavy atom. The highest BCUT2D eigenvalue weighted by molar-refractivity contribution is 5.79. The Labute approximate surface area is 169 Å². The molecule has 1 fully saturated rings. The average molecular weight is 393 g/mol. The minimum absolute atomic E-state index is 0.0908. The van der Waals surface area contributed by atoms with Crippen LogP contribution in [0.2, 0.25) is 0 Å². The molecule has 0 saturated carbocycles. The Kier molecular flexibility index (Phi) is 5.46. The number of hydrogen-bond donors (Lipinski definition) is 0. The van der Waals surface area contributed by atoms with Gasteiger partial charge in [0, 0.05) is 25.1 Å². The highest BCUT2D eigenvalue weighted by atomic mass is 16.5. The lowest BCUT2D eigenvalue weighted by Gasteiger charge is -2.16. The van der Waals surface area contributed by atoms with Gasteiger partial charge in [-0.2, -0.15) is 4.98 Å². The minimum Gasteiger partial charge on any atom is -0.497 e. The fraction of sp³-hybridized carbons (Fsp3) is 0.318. The molecule has 1 unspecified atom stereocenters. The minimum atomic E-state index is -0.0929. The third-order valence-electron chi connectivity index (χ3n) is 4.96. The Hall–Kier alpha value is -3.35. The molecule has 29 heavy (non-hydrogen) atoms. The third-order valence-corrected chi connectivity index (χ3v) is 4.96. The molecule has 1 atom stereocenters. The molecule has 3 aromatic rings. The van der Waals surface area contributed by atoms with Crippen molar-refractivity contribution in [3.8, 4) is 22.9 Å². The number of nitrogens with zero attached hydrogens (tertiary/aromatic N) is 3. The Balaban J connectivity index is 1.41. The van der Waals surface area contributed by atoms with E-state index in [0.717, 1.165) is 22.6 Å². The van der Waals surface area contributed by atoms with Crippen molar-refractivity contribution in [2.24, 2.45) is 0 Å². The molecular formula is C22H23N3O4. The van der Waals surface area contributed by atoms with Gasteiger partial charge >= 0.3 is 0 Å². The van der Waals surface area contributed by atoms with E-state index in [0.29, 0.717) is 37.8 Å². The van der Waals surface area contributed by atoms with Crippen LogP contribution in [0, 0.1) is 0 Å². The van der Waals surface area contributed by atoms with E-state index in [4.69, 9.17) is 14.0 Å². The van der Waals surface area contributed by atoms with Gasteiger partial charge in [0.2, 0.25) is 17.6 Å². The fourth-order valence-corrected chi connectivity index (χ4v) is 3.43. The smallest absolute Gasteiger partial charge is 0.232 e. The first kappa shape index (κ1) is 19.0. The Bertz CT molecular complexity index is 966. The van der Waals surface area contributed by atoms with E-state index >= 15 is 0 Å². The molecule has 2 aromatic carbocycles. The van der Waals surface area contributed by atoms with Gasteiger partial charge in [-0.25, -0.2) is 0 Å². The van der Waals surface area contributed by atoms with Crippen molar-refractivity contribution < 1.29 is 18.8 Å². The predicted molar refractivity (Wildman–Crippen MR) is 107 cm³/mol. The van der Waals surface area contributed by atoms with Crippen LogP contribution < -0.4 is 9.47 Å². The molecule has 1 amide bonds. The van der Waals surface area contributed by atoms with Crippen LogP contribution in [0.15, 0.2) is 53.1 Å². The predicted octanol–water partition coefficient (Wildman–Crippen LogP) is 3.66. The van der Waals surface area contributed by atoms with Crippen LogP contribution in [0.5, 0.6) is 11.5 Å². The summed E-state index contributed by atoms with van der Waals surface area (Å²) in [5.74, 6) is 2.61. The molecule has 1 aliphatic rings. The lowest BCUT2D eigenvalue weighted by atomic mass is 10.1. The van der Waals surface area contributed by atoms with Crippen LogP contribution in [-0.4, -0.2) is 41.2 Å². The molecule has 0 bridgehead atoms. The van der Waals surface area contributed by atoms with Gasteiger partial charge in [-0.1, -0.05) is 17.3 Å². The number of benzene rings is 2. The van der Waals surface area contributed by atoms with Crippen molar-refractivity contribution in [1.29, 1.82) is 0 Å². The van der Waals surface area contributed by atoms with Crippen molar-refractivity contribution in [2.45, 2.75) is 25.8 Å². The molecular weight excluding hydrogens is 370 g/mol. The summed E-state index contributed by atoms with van der Waals surface area (Å²) in [7, 11) is 1.62. The van der Waals surface area contributed by atoms with Gasteiger partial charge < -0.3 is 18.9 Å². The van der Waals surface area contributed by atoms with E-state index in [1.807, 2.05) is 60.4 Å². The van der Waals surface area contributed by atoms with Crippen molar-refractivity contribution in [3.63, 3.8) is 0 Å². The Morgan fingerprint density at radius 3 is 2.52 bits per heavy atom. The molecule has 1 aliphatic heterocycles. The molecule has 7 heteroatoms. The number of likely N-dealkylation sites (tertiary alicyclic amines) is 1. The first-order chi connectivity index (χ1) is 14.2. The van der Waals surface area contributed by atoms with Gasteiger partial charge in [-0.15, -0.1) is 0 Å². The summed E-state index contributed by atoms with van der Waals surface area (Å²) < 4.78 is 16.1. The number of hydrogen-bond acceptors (Lipinski definition) is 6. The summed E-state index contributed by atoms with van der Waals surface area (Å²) in [4.78, 5) is 18.8. The normalized spacial score (nSPS) is 16.3. The third kappa shape index (κ3) is 4.23. The number of ether oxygens (including phenoxy) is 2. The number of carbonyl (C=O) groups is 1. The van der Waals surface area contributed by atoms with Gasteiger partial charge in [0.15, 0.2) is 0 Å². The highest BCUT2D eigenvalue weighted by Gasteiger charge is 2.34. The molecule has 2 heterocycles. The molecule has 0 radical (unpaired) electrons. The van der Waals surface area contributed by atoms with Gasteiger partial charge in [0.05, 0.1) is 19.6 Å². The van der Waals surface area contributed by atoms with Crippen LogP contribution in [0.1, 0.15) is 30.7 Å². The van der Waals surface area contributed by atoms with Crippen molar-refractivity contribution in [1.82, 2.24) is 15.0 Å². The number of amides is 1. The van der Waals surface area contributed by atoms with E-state index in [1.165, 1.54) is 0 Å². The number of aromatic nitrogens is 2. The second kappa shape index (κ2) is 8.34. The second-order valence-corrected chi connectivity index (χ2v) is 6.94. The van der Waals surface area contributed by atoms with E-state index in [-0.39, 0.29) is 11.8 Å². The quantitative estimate of drug-likeness (QED) is 0.610. The van der Waals surface area contributed by atoms with Crippen LogP contribution in [0.25, 0.3) is 11.4 Å². The molecule has 0 N–H and O–H groups in total. The average Bonchev–Trinajstić information content (AvgIpc) is 3.37. The summed E-state index contributed by atoms with van der Waals surface area (Å²) >= 11 is 0. The summed E-state index contributed by atoms with van der Waals surface area (Å²) in [6.07, 6.45) is 0.376. The van der Waals surface area contributed by atoms with Crippen molar-refractivity contribution in [2.75, 3.05) is 20.3 Å². The lowest BCUT2D eigenvalue weighted by molar-refractivity contribution is -0.128. The zero-order valence-corrected chi connectivity index (χ0v) is 16.5. The van der Waals surface area contributed by atoms with Crippen LogP contribution in [0.4, 0.5) is 0 Å². The highest BCUT2D eigenvalue weighted by Crippen LogP contribution is 2.30. The lowest BCUT2D eigenvalue weighted by Crippen LogP contribution is -2.24. The van der Waals surface area contributed by atoms with E-state index in [9.17, 15) is 4.79 Å². The zero-order valence-electron chi connectivity index (χ0n) is 16.5. The molecule has 0 aliphatic carbocycles. The van der Waals surface area contributed by atoms with Crippen LogP contribution >= 0.6 is 0 Å². The van der Waals surface area contributed by atoms with Crippen LogP contribution in [-0.2, 0) is 11.3 Å². The SMILES string of the molecule is CCOc1ccc(CN2CC(c3nc(-c4ccc(OC)cc4)no3)CC2=O)cc1. The van der Waals surface area contributed by atoms with Gasteiger partial charge in [-0.05, 0) is 48.9 Å². The van der Waals surface area contributed by atoms with E-state index in [2.05, 4.69) is 10.1 Å². The van der Waals surface area contributed by atoms with E-state index < -0.39 is 0 Å². The van der Waals surface area contributed by atoms with Crippen molar-refractivity contribution in [3.05, 3.63) is 60.0 Å². The monoisotopic (exact) mass is 393 g/mol. The first-order valence-corrected chi connectivity index (χ1v) is 9.63. The topological polar surface area (TPSA) is 77.7 Å². The first-order valence-electron chi connectivity index (χ1n) is 9.63. The summed E-state index contributed by atoms with van der Waals surface area (Å²) in [5, 5.41) is 4.08. The van der Waals surface area contributed by atoms with Crippen LogP contribution in [0.3, 0.4) is 0 Å². The molecule has 1 aromatic heterocycles. The summed E-state index contributed by atoms with van der Waals surface area (Å²) in [5.41, 5.74) is 1.91. The maximum Gasteiger partial charge on any atom is 0.232 e. The summed E-state index contributed by atoms with van der Waals surface area (Å²) in [6, 6.07) is 15.3. The van der Waals surface area contributed by atoms with Gasteiger partial charge in [0.25, 0.3) is 0 Å². The van der Waals surface area contributed by atoms with E-state index in [1.54, 1.807) is 7.11 Å². The number of methoxy groups -OCH3 is 1. The molecule has 150 valence electrons. The Morgan fingerprint density at radius 1 is 1.10 bits per heavy atom. The maximum absolute atomic E-state index is 12.5. The van der Waals surface area contributed by atoms with Crippen molar-refractivity contribution >= 4 is 5.91 Å². The second-order valence-electron chi connectivity index (χ2n) is 6.94. The molecule has 1 saturated heterocycles. The standard InChI is InChI=1S/C22H23N3O4/c1-3-28-19-8-4-15(5-9-19)13-25-14-17(12-20(25)26)22-23-21(24-29-22)16-6-10-18(27-2)11-7-16/h4-11,17H,3,12-14H2,1-2H3. The van der Waals surface area contributed by atoms with Gasteiger partial charge in [-0.3, -0.25) is 4.79 Å². The number of rotatable bonds is 7. The molecule has 4 rings (SSSR count).